The summed E-state index contributed by atoms with van der Waals surface area (Å²) in [4.78, 5) is 27.2. The van der Waals surface area contributed by atoms with Gasteiger partial charge in [-0.05, 0) is 38.9 Å². The number of rotatable bonds is 7. The summed E-state index contributed by atoms with van der Waals surface area (Å²) in [6.45, 7) is 2.31. The first-order valence-electron chi connectivity index (χ1n) is 8.33. The molecule has 7 nitrogen and oxygen atoms in total. The monoisotopic (exact) mass is 386 g/mol. The first-order chi connectivity index (χ1) is 11.9. The molecule has 1 amide bonds. The van der Waals surface area contributed by atoms with Gasteiger partial charge in [-0.25, -0.2) is 0 Å². The summed E-state index contributed by atoms with van der Waals surface area (Å²) in [5, 5.41) is 9.08. The van der Waals surface area contributed by atoms with Crippen LogP contribution in [0.15, 0.2) is 18.2 Å². The van der Waals surface area contributed by atoms with Crippen LogP contribution in [0.4, 0.5) is 0 Å². The van der Waals surface area contributed by atoms with Gasteiger partial charge in [0.1, 0.15) is 17.5 Å². The molecule has 1 saturated heterocycles. The topological polar surface area (TPSA) is 79.3 Å². The van der Waals surface area contributed by atoms with Crippen molar-refractivity contribution < 1.29 is 24.2 Å². The molecule has 0 spiro atoms. The van der Waals surface area contributed by atoms with Crippen molar-refractivity contribution in [2.75, 3.05) is 34.4 Å². The second kappa shape index (κ2) is 9.64. The van der Waals surface area contributed by atoms with Crippen LogP contribution in [0.2, 0.25) is 0 Å². The number of aliphatic carboxylic acids is 1. The number of nitrogens with zero attached hydrogens (tertiary/aromatic N) is 2. The lowest BCUT2D eigenvalue weighted by Gasteiger charge is -2.29. The van der Waals surface area contributed by atoms with Crippen LogP contribution in [0.3, 0.4) is 0 Å². The van der Waals surface area contributed by atoms with Crippen molar-refractivity contribution in [3.8, 4) is 11.5 Å². The highest BCUT2D eigenvalue weighted by molar-refractivity contribution is 5.85. The number of amides is 1. The number of likely N-dealkylation sites (N-methyl/N-ethyl adjacent to an activating group) is 1. The Labute approximate surface area is 160 Å². The van der Waals surface area contributed by atoms with Crippen molar-refractivity contribution in [1.29, 1.82) is 0 Å². The number of carboxylic acid groups (broad SMARTS) is 1. The van der Waals surface area contributed by atoms with Crippen LogP contribution < -0.4 is 9.47 Å². The third-order valence-corrected chi connectivity index (χ3v) is 4.78. The highest BCUT2D eigenvalue weighted by Gasteiger charge is 2.33. The Kier molecular flexibility index (Phi) is 8.17. The molecule has 1 fully saturated rings. The van der Waals surface area contributed by atoms with E-state index in [0.717, 1.165) is 18.4 Å². The van der Waals surface area contributed by atoms with Crippen LogP contribution in [0.25, 0.3) is 0 Å². The summed E-state index contributed by atoms with van der Waals surface area (Å²) in [7, 11) is 4.84. The van der Waals surface area contributed by atoms with Gasteiger partial charge in [-0.2, -0.15) is 0 Å². The fourth-order valence-corrected chi connectivity index (χ4v) is 3.11. The van der Waals surface area contributed by atoms with Gasteiger partial charge in [0, 0.05) is 18.2 Å². The summed E-state index contributed by atoms with van der Waals surface area (Å²) in [6, 6.07) is 4.83. The molecule has 1 N–H and O–H groups in total. The third-order valence-electron chi connectivity index (χ3n) is 4.78. The molecule has 1 aromatic rings. The SMILES string of the molecule is COc1ccc(C2CCCN2C(=O)CN(C)C(C)C(=O)O)c(OC)c1.Cl. The van der Waals surface area contributed by atoms with Gasteiger partial charge in [-0.3, -0.25) is 14.5 Å². The highest BCUT2D eigenvalue weighted by Crippen LogP contribution is 2.38. The molecule has 2 atom stereocenters. The van der Waals surface area contributed by atoms with Crippen LogP contribution >= 0.6 is 12.4 Å². The van der Waals surface area contributed by atoms with E-state index in [1.54, 1.807) is 33.1 Å². The number of carbonyl (C=O) groups excluding carboxylic acids is 1. The molecular formula is C18H27ClN2O5. The second-order valence-corrected chi connectivity index (χ2v) is 6.28. The zero-order valence-corrected chi connectivity index (χ0v) is 16.4. The number of hydrogen-bond acceptors (Lipinski definition) is 5. The molecule has 26 heavy (non-hydrogen) atoms. The summed E-state index contributed by atoms with van der Waals surface area (Å²) in [6.07, 6.45) is 1.76. The van der Waals surface area contributed by atoms with Gasteiger partial charge >= 0.3 is 5.97 Å². The molecule has 2 unspecified atom stereocenters. The third kappa shape index (κ3) is 4.80. The van der Waals surface area contributed by atoms with Crippen molar-refractivity contribution >= 4 is 24.3 Å². The first kappa shape index (κ1) is 22.1. The Morgan fingerprint density at radius 3 is 2.62 bits per heavy atom. The minimum absolute atomic E-state index is 0. The first-order valence-corrected chi connectivity index (χ1v) is 8.33. The largest absolute Gasteiger partial charge is 0.497 e. The Bertz CT molecular complexity index is 640. The normalized spacial score (nSPS) is 17.6. The van der Waals surface area contributed by atoms with Gasteiger partial charge in [0.2, 0.25) is 5.91 Å². The zero-order chi connectivity index (χ0) is 18.6. The number of carbonyl (C=O) groups is 2. The smallest absolute Gasteiger partial charge is 0.320 e. The maximum Gasteiger partial charge on any atom is 0.320 e. The van der Waals surface area contributed by atoms with Crippen molar-refractivity contribution in [2.45, 2.75) is 31.8 Å². The van der Waals surface area contributed by atoms with Gasteiger partial charge in [0.15, 0.2) is 0 Å². The van der Waals surface area contributed by atoms with Crippen LogP contribution in [-0.2, 0) is 9.59 Å². The number of methoxy groups -OCH3 is 2. The van der Waals surface area contributed by atoms with Crippen LogP contribution in [0, 0.1) is 0 Å². The summed E-state index contributed by atoms with van der Waals surface area (Å²) >= 11 is 0. The average Bonchev–Trinajstić information content (AvgIpc) is 3.09. The van der Waals surface area contributed by atoms with Crippen LogP contribution in [-0.4, -0.2) is 67.2 Å². The Morgan fingerprint density at radius 1 is 1.35 bits per heavy atom. The minimum atomic E-state index is -0.940. The maximum absolute atomic E-state index is 12.7. The molecule has 0 bridgehead atoms. The molecule has 1 aromatic carbocycles. The van der Waals surface area contributed by atoms with Gasteiger partial charge in [-0.15, -0.1) is 12.4 Å². The zero-order valence-electron chi connectivity index (χ0n) is 15.6. The molecular weight excluding hydrogens is 360 g/mol. The molecule has 1 aliphatic rings. The lowest BCUT2D eigenvalue weighted by molar-refractivity contribution is -0.143. The molecule has 2 rings (SSSR count). The van der Waals surface area contributed by atoms with E-state index < -0.39 is 12.0 Å². The second-order valence-electron chi connectivity index (χ2n) is 6.28. The van der Waals surface area contributed by atoms with Gasteiger partial charge in [-0.1, -0.05) is 0 Å². The molecule has 1 heterocycles. The molecule has 1 aliphatic heterocycles. The summed E-state index contributed by atoms with van der Waals surface area (Å²) in [5.74, 6) is 0.379. The number of halogens is 1. The molecule has 0 aliphatic carbocycles. The molecule has 0 aromatic heterocycles. The minimum Gasteiger partial charge on any atom is -0.497 e. The van der Waals surface area contributed by atoms with Crippen molar-refractivity contribution in [2.24, 2.45) is 0 Å². The van der Waals surface area contributed by atoms with Crippen LogP contribution in [0.5, 0.6) is 11.5 Å². The predicted molar refractivity (Wildman–Crippen MR) is 100 cm³/mol. The van der Waals surface area contributed by atoms with E-state index in [1.165, 1.54) is 0 Å². The fourth-order valence-electron chi connectivity index (χ4n) is 3.11. The number of carboxylic acids is 1. The Balaban J connectivity index is 0.00000338. The summed E-state index contributed by atoms with van der Waals surface area (Å²) in [5.41, 5.74) is 0.947. The number of hydrogen-bond donors (Lipinski definition) is 1. The standard InChI is InChI=1S/C18H26N2O5.ClH/c1-12(18(22)23)19(2)11-17(21)20-9-5-6-15(20)14-8-7-13(24-3)10-16(14)25-4;/h7-8,10,12,15H,5-6,9,11H2,1-4H3,(H,22,23);1H. The maximum atomic E-state index is 12.7. The molecule has 0 saturated carbocycles. The molecule has 0 radical (unpaired) electrons. The Hall–Kier alpha value is -1.99. The van der Waals surface area contributed by atoms with E-state index in [1.807, 2.05) is 23.1 Å². The average molecular weight is 387 g/mol. The van der Waals surface area contributed by atoms with Crippen LogP contribution in [0.1, 0.15) is 31.4 Å². The Morgan fingerprint density at radius 2 is 2.04 bits per heavy atom. The quantitative estimate of drug-likeness (QED) is 0.773. The molecule has 146 valence electrons. The molecule has 8 heteroatoms. The number of benzene rings is 1. The summed E-state index contributed by atoms with van der Waals surface area (Å²) < 4.78 is 10.7. The number of likely N-dealkylation sites (tertiary alicyclic amines) is 1. The number of ether oxygens (including phenoxy) is 2. The van der Waals surface area contributed by atoms with Gasteiger partial charge in [0.25, 0.3) is 0 Å². The lowest BCUT2D eigenvalue weighted by Crippen LogP contribution is -2.44. The fraction of sp³-hybridized carbons (Fsp3) is 0.556. The highest BCUT2D eigenvalue weighted by atomic mass is 35.5. The van der Waals surface area contributed by atoms with Crippen molar-refractivity contribution in [1.82, 2.24) is 9.80 Å². The van der Waals surface area contributed by atoms with E-state index in [2.05, 4.69) is 0 Å². The predicted octanol–water partition coefficient (Wildman–Crippen LogP) is 2.19. The van der Waals surface area contributed by atoms with Gasteiger partial charge in [0.05, 0.1) is 26.8 Å². The van der Waals surface area contributed by atoms with E-state index >= 15 is 0 Å². The van der Waals surface area contributed by atoms with Gasteiger partial charge < -0.3 is 19.5 Å². The lowest BCUT2D eigenvalue weighted by atomic mass is 10.0. The van der Waals surface area contributed by atoms with E-state index in [-0.39, 0.29) is 30.9 Å². The van der Waals surface area contributed by atoms with Crippen molar-refractivity contribution in [3.63, 3.8) is 0 Å². The van der Waals surface area contributed by atoms with E-state index in [9.17, 15) is 9.59 Å². The van der Waals surface area contributed by atoms with Crippen molar-refractivity contribution in [3.05, 3.63) is 23.8 Å². The van der Waals surface area contributed by atoms with E-state index in [0.29, 0.717) is 18.0 Å². The van der Waals surface area contributed by atoms with E-state index in [4.69, 9.17) is 14.6 Å².